The summed E-state index contributed by atoms with van der Waals surface area (Å²) in [6.07, 6.45) is 2.24. The molecule has 0 aliphatic carbocycles. The van der Waals surface area contributed by atoms with Gasteiger partial charge < -0.3 is 5.32 Å². The molecule has 1 N–H and O–H groups in total. The number of hydrogen-bond donors (Lipinski definition) is 1. The largest absolute Gasteiger partial charge is 0.313 e. The van der Waals surface area contributed by atoms with Crippen LogP contribution in [0.5, 0.6) is 0 Å². The first-order valence-electron chi connectivity index (χ1n) is 7.77. The molecule has 2 unspecified atom stereocenters. The third-order valence-corrected chi connectivity index (χ3v) is 4.71. The van der Waals surface area contributed by atoms with Crippen molar-refractivity contribution in [2.24, 2.45) is 0 Å². The van der Waals surface area contributed by atoms with Crippen LogP contribution in [-0.4, -0.2) is 12.6 Å². The number of hydrogen-bond acceptors (Lipinski definition) is 1. The van der Waals surface area contributed by atoms with Crippen molar-refractivity contribution in [3.8, 4) is 0 Å². The maximum Gasteiger partial charge on any atom is 0.0176 e. The normalized spacial score (nSPS) is 13.9. The predicted octanol–water partition coefficient (Wildman–Crippen LogP) is 5.01. The van der Waals surface area contributed by atoms with Gasteiger partial charge in [-0.15, -0.1) is 0 Å². The Labute approximate surface area is 142 Å². The van der Waals surface area contributed by atoms with Gasteiger partial charge in [0.25, 0.3) is 0 Å². The summed E-state index contributed by atoms with van der Waals surface area (Å²) in [5.41, 5.74) is 2.85. The summed E-state index contributed by atoms with van der Waals surface area (Å²) >= 11 is 2.36. The van der Waals surface area contributed by atoms with Crippen molar-refractivity contribution in [2.75, 3.05) is 6.54 Å². The lowest BCUT2D eigenvalue weighted by atomic mass is 9.85. The lowest BCUT2D eigenvalue weighted by Gasteiger charge is -2.28. The van der Waals surface area contributed by atoms with E-state index in [0.29, 0.717) is 12.0 Å². The monoisotopic (exact) mass is 393 g/mol. The van der Waals surface area contributed by atoms with E-state index in [0.717, 1.165) is 19.4 Å². The van der Waals surface area contributed by atoms with Gasteiger partial charge in [-0.3, -0.25) is 0 Å². The molecule has 0 aliphatic rings. The summed E-state index contributed by atoms with van der Waals surface area (Å²) < 4.78 is 1.30. The van der Waals surface area contributed by atoms with E-state index in [9.17, 15) is 0 Å². The molecule has 2 atom stereocenters. The first-order chi connectivity index (χ1) is 10.2. The van der Waals surface area contributed by atoms with E-state index in [1.165, 1.54) is 14.7 Å². The molecule has 1 nitrogen and oxygen atoms in total. The third-order valence-electron chi connectivity index (χ3n) is 3.99. The zero-order chi connectivity index (χ0) is 15.1. The second kappa shape index (κ2) is 8.54. The van der Waals surface area contributed by atoms with Gasteiger partial charge in [0.05, 0.1) is 0 Å². The molecular formula is C19H24IN. The SMILES string of the molecule is CCNC(Cc1ccc(I)cc1)C(CC)c1ccccc1. The molecule has 0 saturated carbocycles. The van der Waals surface area contributed by atoms with Crippen molar-refractivity contribution >= 4 is 22.6 Å². The van der Waals surface area contributed by atoms with Crippen molar-refractivity contribution < 1.29 is 0 Å². The summed E-state index contributed by atoms with van der Waals surface area (Å²) in [6.45, 7) is 5.49. The lowest BCUT2D eigenvalue weighted by Crippen LogP contribution is -2.36. The molecule has 0 heterocycles. The number of nitrogens with one attached hydrogen (secondary N) is 1. The van der Waals surface area contributed by atoms with Crippen LogP contribution in [0.2, 0.25) is 0 Å². The first-order valence-corrected chi connectivity index (χ1v) is 8.85. The van der Waals surface area contributed by atoms with Crippen LogP contribution in [0.4, 0.5) is 0 Å². The minimum absolute atomic E-state index is 0.488. The molecule has 0 saturated heterocycles. The van der Waals surface area contributed by atoms with Crippen LogP contribution in [-0.2, 0) is 6.42 Å². The van der Waals surface area contributed by atoms with E-state index in [-0.39, 0.29) is 0 Å². The smallest absolute Gasteiger partial charge is 0.0176 e. The third kappa shape index (κ3) is 4.82. The lowest BCUT2D eigenvalue weighted by molar-refractivity contribution is 0.428. The fraction of sp³-hybridized carbons (Fsp3) is 0.368. The standard InChI is InChI=1S/C19H24IN/c1-3-18(16-8-6-5-7-9-16)19(21-4-2)14-15-10-12-17(20)13-11-15/h5-13,18-19,21H,3-4,14H2,1-2H3. The van der Waals surface area contributed by atoms with Crippen molar-refractivity contribution in [3.05, 3.63) is 69.3 Å². The maximum absolute atomic E-state index is 3.69. The van der Waals surface area contributed by atoms with Crippen molar-refractivity contribution in [1.29, 1.82) is 0 Å². The molecule has 2 heteroatoms. The highest BCUT2D eigenvalue weighted by molar-refractivity contribution is 14.1. The van der Waals surface area contributed by atoms with Crippen LogP contribution in [0.25, 0.3) is 0 Å². The molecule has 21 heavy (non-hydrogen) atoms. The Morgan fingerprint density at radius 2 is 1.62 bits per heavy atom. The zero-order valence-electron chi connectivity index (χ0n) is 12.9. The van der Waals surface area contributed by atoms with Gasteiger partial charge in [-0.2, -0.15) is 0 Å². The van der Waals surface area contributed by atoms with Gasteiger partial charge in [-0.1, -0.05) is 56.3 Å². The molecule has 2 aromatic rings. The second-order valence-electron chi connectivity index (χ2n) is 5.42. The van der Waals surface area contributed by atoms with E-state index >= 15 is 0 Å². The highest BCUT2D eigenvalue weighted by Crippen LogP contribution is 2.25. The Bertz CT molecular complexity index is 521. The van der Waals surface area contributed by atoms with Gasteiger partial charge in [0, 0.05) is 9.61 Å². The minimum Gasteiger partial charge on any atom is -0.313 e. The highest BCUT2D eigenvalue weighted by Gasteiger charge is 2.21. The summed E-state index contributed by atoms with van der Waals surface area (Å²) in [5, 5.41) is 3.69. The van der Waals surface area contributed by atoms with Gasteiger partial charge >= 0.3 is 0 Å². The van der Waals surface area contributed by atoms with Crippen LogP contribution in [0.1, 0.15) is 37.3 Å². The fourth-order valence-electron chi connectivity index (χ4n) is 2.95. The van der Waals surface area contributed by atoms with Crippen molar-refractivity contribution in [3.63, 3.8) is 0 Å². The van der Waals surface area contributed by atoms with Crippen LogP contribution in [0.15, 0.2) is 54.6 Å². The average molecular weight is 393 g/mol. The van der Waals surface area contributed by atoms with Crippen LogP contribution in [0, 0.1) is 3.57 Å². The summed E-state index contributed by atoms with van der Waals surface area (Å²) in [4.78, 5) is 0. The summed E-state index contributed by atoms with van der Waals surface area (Å²) in [6, 6.07) is 20.3. The van der Waals surface area contributed by atoms with E-state index < -0.39 is 0 Å². The quantitative estimate of drug-likeness (QED) is 0.653. The molecule has 0 bridgehead atoms. The van der Waals surface area contributed by atoms with E-state index in [2.05, 4.69) is 96.4 Å². The Kier molecular flexibility index (Phi) is 6.71. The number of likely N-dealkylation sites (N-methyl/N-ethyl adjacent to an activating group) is 1. The topological polar surface area (TPSA) is 12.0 Å². The van der Waals surface area contributed by atoms with E-state index in [1.54, 1.807) is 0 Å². The first kappa shape index (κ1) is 16.5. The molecule has 0 aliphatic heterocycles. The predicted molar refractivity (Wildman–Crippen MR) is 99.8 cm³/mol. The van der Waals surface area contributed by atoms with Gasteiger partial charge in [-0.05, 0) is 71.2 Å². The molecule has 0 radical (unpaired) electrons. The Morgan fingerprint density at radius 3 is 2.19 bits per heavy atom. The number of benzene rings is 2. The van der Waals surface area contributed by atoms with Gasteiger partial charge in [-0.25, -0.2) is 0 Å². The number of halogens is 1. The number of rotatable bonds is 7. The van der Waals surface area contributed by atoms with Crippen LogP contribution < -0.4 is 5.32 Å². The van der Waals surface area contributed by atoms with E-state index in [1.807, 2.05) is 0 Å². The molecule has 0 aromatic heterocycles. The van der Waals surface area contributed by atoms with Crippen LogP contribution >= 0.6 is 22.6 Å². The van der Waals surface area contributed by atoms with Gasteiger partial charge in [0.1, 0.15) is 0 Å². The minimum atomic E-state index is 0.488. The van der Waals surface area contributed by atoms with Crippen LogP contribution in [0.3, 0.4) is 0 Å². The molecule has 2 rings (SSSR count). The van der Waals surface area contributed by atoms with Gasteiger partial charge in [0.2, 0.25) is 0 Å². The summed E-state index contributed by atoms with van der Waals surface area (Å²) in [7, 11) is 0. The maximum atomic E-state index is 3.69. The Hall–Kier alpha value is -0.870. The average Bonchev–Trinajstić information content (AvgIpc) is 2.51. The molecule has 0 fully saturated rings. The Balaban J connectivity index is 2.18. The molecule has 2 aromatic carbocycles. The van der Waals surface area contributed by atoms with Gasteiger partial charge in [0.15, 0.2) is 0 Å². The molecular weight excluding hydrogens is 369 g/mol. The summed E-state index contributed by atoms with van der Waals surface area (Å²) in [5.74, 6) is 0.561. The molecule has 112 valence electrons. The fourth-order valence-corrected chi connectivity index (χ4v) is 3.31. The van der Waals surface area contributed by atoms with Crippen molar-refractivity contribution in [1.82, 2.24) is 5.32 Å². The highest BCUT2D eigenvalue weighted by atomic mass is 127. The molecule has 0 spiro atoms. The molecule has 0 amide bonds. The second-order valence-corrected chi connectivity index (χ2v) is 6.67. The van der Waals surface area contributed by atoms with E-state index in [4.69, 9.17) is 0 Å². The van der Waals surface area contributed by atoms with Crippen molar-refractivity contribution in [2.45, 2.75) is 38.6 Å². The zero-order valence-corrected chi connectivity index (χ0v) is 15.0. The Morgan fingerprint density at radius 1 is 0.952 bits per heavy atom.